The van der Waals surface area contributed by atoms with Gasteiger partial charge in [-0.3, -0.25) is 14.5 Å². The van der Waals surface area contributed by atoms with Crippen molar-refractivity contribution in [3.63, 3.8) is 0 Å². The van der Waals surface area contributed by atoms with E-state index in [0.717, 1.165) is 12.8 Å². The van der Waals surface area contributed by atoms with Crippen LogP contribution in [0, 0.1) is 17.8 Å². The summed E-state index contributed by atoms with van der Waals surface area (Å²) in [4.78, 5) is 26.5. The van der Waals surface area contributed by atoms with Crippen LogP contribution in [0.25, 0.3) is 0 Å². The number of rotatable bonds is 4. The van der Waals surface area contributed by atoms with E-state index in [4.69, 9.17) is 18.0 Å². The van der Waals surface area contributed by atoms with Gasteiger partial charge in [0.25, 0.3) is 0 Å². The topological polar surface area (TPSA) is 63.4 Å². The number of nitrogens with zero attached hydrogens (tertiary/aromatic N) is 1. The summed E-state index contributed by atoms with van der Waals surface area (Å²) in [7, 11) is 0. The molecule has 0 aromatic carbocycles. The van der Waals surface area contributed by atoms with Gasteiger partial charge in [0.15, 0.2) is 0 Å². The number of nitrogens with two attached hydrogens (primary N) is 1. The van der Waals surface area contributed by atoms with E-state index >= 15 is 0 Å². The summed E-state index contributed by atoms with van der Waals surface area (Å²) in [6.07, 6.45) is 2.84. The van der Waals surface area contributed by atoms with Crippen LogP contribution in [0.3, 0.4) is 0 Å². The molecule has 1 saturated heterocycles. The second kappa shape index (κ2) is 4.96. The second-order valence-electron chi connectivity index (χ2n) is 5.57. The van der Waals surface area contributed by atoms with Crippen molar-refractivity contribution in [2.45, 2.75) is 45.6 Å². The number of amides is 2. The van der Waals surface area contributed by atoms with Crippen LogP contribution in [-0.4, -0.2) is 27.7 Å². The fourth-order valence-electron chi connectivity index (χ4n) is 3.31. The van der Waals surface area contributed by atoms with Crippen molar-refractivity contribution in [1.82, 2.24) is 4.90 Å². The van der Waals surface area contributed by atoms with E-state index < -0.39 is 0 Å². The average Bonchev–Trinajstić information content (AvgIpc) is 2.77. The van der Waals surface area contributed by atoms with E-state index in [9.17, 15) is 9.59 Å². The molecule has 2 rings (SSSR count). The van der Waals surface area contributed by atoms with Crippen LogP contribution in [-0.2, 0) is 9.59 Å². The maximum atomic E-state index is 12.3. The number of fused-ring (bicyclic) bond motifs is 1. The molecule has 2 amide bonds. The van der Waals surface area contributed by atoms with Crippen LogP contribution in [0.1, 0.15) is 39.5 Å². The highest BCUT2D eigenvalue weighted by Gasteiger charge is 2.53. The molecule has 0 radical (unpaired) electrons. The van der Waals surface area contributed by atoms with Crippen LogP contribution in [0.2, 0.25) is 0 Å². The molecule has 1 aliphatic heterocycles. The maximum absolute atomic E-state index is 12.3. The molecule has 0 aromatic heterocycles. The fraction of sp³-hybridized carbons (Fsp3) is 0.769. The van der Waals surface area contributed by atoms with Crippen molar-refractivity contribution >= 4 is 29.0 Å². The summed E-state index contributed by atoms with van der Waals surface area (Å²) in [5.41, 5.74) is 5.55. The van der Waals surface area contributed by atoms with Crippen LogP contribution in [0.5, 0.6) is 0 Å². The summed E-state index contributed by atoms with van der Waals surface area (Å²) in [6, 6.07) is -0.150. The second-order valence-corrected chi connectivity index (χ2v) is 6.09. The Balaban J connectivity index is 2.18. The van der Waals surface area contributed by atoms with Crippen molar-refractivity contribution in [2.75, 3.05) is 0 Å². The third-order valence-corrected chi connectivity index (χ3v) is 4.35. The van der Waals surface area contributed by atoms with Gasteiger partial charge in [0.1, 0.15) is 0 Å². The van der Waals surface area contributed by atoms with Gasteiger partial charge in [-0.05, 0) is 25.2 Å². The molecule has 2 N–H and O–H groups in total. The molecule has 3 atom stereocenters. The van der Waals surface area contributed by atoms with Crippen molar-refractivity contribution in [2.24, 2.45) is 23.5 Å². The van der Waals surface area contributed by atoms with E-state index in [1.807, 2.05) is 6.92 Å². The van der Waals surface area contributed by atoms with Gasteiger partial charge in [-0.1, -0.05) is 26.1 Å². The Hall–Kier alpha value is -0.970. The minimum absolute atomic E-state index is 0.00236. The third-order valence-electron chi connectivity index (χ3n) is 4.18. The summed E-state index contributed by atoms with van der Waals surface area (Å²) in [5, 5.41) is 0. The molecule has 1 aliphatic carbocycles. The predicted molar refractivity (Wildman–Crippen MR) is 72.7 cm³/mol. The molecule has 0 aromatic rings. The Morgan fingerprint density at radius 2 is 1.89 bits per heavy atom. The molecule has 5 heteroatoms. The van der Waals surface area contributed by atoms with Gasteiger partial charge in [-0.25, -0.2) is 0 Å². The largest absolute Gasteiger partial charge is 0.393 e. The lowest BCUT2D eigenvalue weighted by Gasteiger charge is -2.26. The maximum Gasteiger partial charge on any atom is 0.233 e. The lowest BCUT2D eigenvalue weighted by molar-refractivity contribution is -0.143. The highest BCUT2D eigenvalue weighted by molar-refractivity contribution is 7.80. The zero-order chi connectivity index (χ0) is 13.4. The Morgan fingerprint density at radius 1 is 1.39 bits per heavy atom. The lowest BCUT2D eigenvalue weighted by atomic mass is 10.00. The van der Waals surface area contributed by atoms with Crippen molar-refractivity contribution < 1.29 is 9.59 Å². The number of carbonyl (C=O) groups excluding carboxylic acids is 2. The molecule has 100 valence electrons. The molecule has 1 saturated carbocycles. The minimum atomic E-state index is -0.150. The Morgan fingerprint density at radius 3 is 2.28 bits per heavy atom. The normalized spacial score (nSPS) is 32.8. The Kier molecular flexibility index (Phi) is 3.71. The van der Waals surface area contributed by atoms with Gasteiger partial charge < -0.3 is 5.73 Å². The van der Waals surface area contributed by atoms with Gasteiger partial charge >= 0.3 is 0 Å². The molecule has 0 bridgehead atoms. The van der Waals surface area contributed by atoms with Crippen LogP contribution < -0.4 is 5.73 Å². The number of imide groups is 1. The van der Waals surface area contributed by atoms with Crippen LogP contribution in [0.4, 0.5) is 0 Å². The summed E-state index contributed by atoms with van der Waals surface area (Å²) >= 11 is 4.90. The van der Waals surface area contributed by atoms with E-state index in [1.165, 1.54) is 4.90 Å². The van der Waals surface area contributed by atoms with Gasteiger partial charge in [0.05, 0.1) is 16.8 Å². The van der Waals surface area contributed by atoms with E-state index in [2.05, 4.69) is 6.92 Å². The van der Waals surface area contributed by atoms with E-state index in [0.29, 0.717) is 23.7 Å². The Labute approximate surface area is 113 Å². The Bertz CT molecular complexity index is 372. The quantitative estimate of drug-likeness (QED) is 0.619. The van der Waals surface area contributed by atoms with Gasteiger partial charge in [0, 0.05) is 12.5 Å². The number of carbonyl (C=O) groups is 2. The third kappa shape index (κ3) is 2.16. The first-order chi connectivity index (χ1) is 8.45. The zero-order valence-electron chi connectivity index (χ0n) is 10.9. The van der Waals surface area contributed by atoms with Crippen LogP contribution >= 0.6 is 12.2 Å². The van der Waals surface area contributed by atoms with Gasteiger partial charge in [-0.2, -0.15) is 0 Å². The lowest BCUT2D eigenvalue weighted by Crippen LogP contribution is -2.42. The standard InChI is InChI=1S/C13H20N2O2S/c1-3-8(6-11(14)18)15-12(16)9-4-7(2)5-10(9)13(15)17/h7-10H,3-6H2,1-2H3,(H2,14,18). The van der Waals surface area contributed by atoms with Crippen molar-refractivity contribution in [3.05, 3.63) is 0 Å². The minimum Gasteiger partial charge on any atom is -0.393 e. The summed E-state index contributed by atoms with van der Waals surface area (Å²) in [6.45, 7) is 4.07. The average molecular weight is 268 g/mol. The predicted octanol–water partition coefficient (Wildman–Crippen LogP) is 1.47. The zero-order valence-corrected chi connectivity index (χ0v) is 11.7. The van der Waals surface area contributed by atoms with Gasteiger partial charge in [-0.15, -0.1) is 0 Å². The monoisotopic (exact) mass is 268 g/mol. The first-order valence-electron chi connectivity index (χ1n) is 6.60. The molecule has 18 heavy (non-hydrogen) atoms. The van der Waals surface area contributed by atoms with Crippen LogP contribution in [0.15, 0.2) is 0 Å². The molecule has 2 aliphatic rings. The molecule has 1 heterocycles. The van der Waals surface area contributed by atoms with E-state index in [1.54, 1.807) is 0 Å². The molecular weight excluding hydrogens is 248 g/mol. The van der Waals surface area contributed by atoms with Crippen molar-refractivity contribution in [3.8, 4) is 0 Å². The highest BCUT2D eigenvalue weighted by atomic mass is 32.1. The summed E-state index contributed by atoms with van der Waals surface area (Å²) in [5.74, 6) is 0.293. The molecule has 2 fully saturated rings. The first kappa shape index (κ1) is 13.5. The number of hydrogen-bond donors (Lipinski definition) is 1. The number of hydrogen-bond acceptors (Lipinski definition) is 3. The highest BCUT2D eigenvalue weighted by Crippen LogP contribution is 2.43. The molecule has 0 spiro atoms. The number of thiocarbonyl (C=S) groups is 1. The summed E-state index contributed by atoms with van der Waals surface area (Å²) < 4.78 is 0. The number of likely N-dealkylation sites (tertiary alicyclic amines) is 1. The first-order valence-corrected chi connectivity index (χ1v) is 7.01. The van der Waals surface area contributed by atoms with Crippen molar-refractivity contribution in [1.29, 1.82) is 0 Å². The SMILES string of the molecule is CCC(CC(N)=S)N1C(=O)C2CC(C)CC2C1=O. The molecule has 3 unspecified atom stereocenters. The molecular formula is C13H20N2O2S. The molecule has 4 nitrogen and oxygen atoms in total. The smallest absolute Gasteiger partial charge is 0.233 e. The van der Waals surface area contributed by atoms with Gasteiger partial charge in [0.2, 0.25) is 11.8 Å². The fourth-order valence-corrected chi connectivity index (χ4v) is 3.51. The van der Waals surface area contributed by atoms with E-state index in [-0.39, 0.29) is 29.7 Å².